The Hall–Kier alpha value is -2.30. The van der Waals surface area contributed by atoms with E-state index in [0.29, 0.717) is 12.4 Å². The summed E-state index contributed by atoms with van der Waals surface area (Å²) in [7, 11) is 0. The van der Waals surface area contributed by atoms with E-state index in [1.54, 1.807) is 37.3 Å². The van der Waals surface area contributed by atoms with E-state index in [4.69, 9.17) is 15.2 Å². The van der Waals surface area contributed by atoms with Gasteiger partial charge < -0.3 is 15.2 Å². The average molecular weight is 249 g/mol. The van der Waals surface area contributed by atoms with Crippen LogP contribution >= 0.6 is 0 Å². The Morgan fingerprint density at radius 3 is 2.50 bits per heavy atom. The molecule has 96 valence electrons. The van der Waals surface area contributed by atoms with Crippen molar-refractivity contribution in [2.45, 2.75) is 6.92 Å². The zero-order valence-corrected chi connectivity index (χ0v) is 10.1. The third kappa shape index (κ3) is 5.16. The maximum atomic E-state index is 11.1. The molecule has 0 unspecified atom stereocenters. The molecule has 0 aliphatic carbocycles. The van der Waals surface area contributed by atoms with Gasteiger partial charge in [-0.1, -0.05) is 12.1 Å². The van der Waals surface area contributed by atoms with Crippen LogP contribution in [0.4, 0.5) is 0 Å². The second-order valence-electron chi connectivity index (χ2n) is 3.40. The van der Waals surface area contributed by atoms with Gasteiger partial charge in [-0.25, -0.2) is 4.79 Å². The highest BCUT2D eigenvalue weighted by atomic mass is 16.6. The highest BCUT2D eigenvalue weighted by Crippen LogP contribution is 2.13. The third-order valence-electron chi connectivity index (χ3n) is 1.98. The van der Waals surface area contributed by atoms with Crippen molar-refractivity contribution in [2.24, 2.45) is 5.73 Å². The second kappa shape index (κ2) is 7.11. The summed E-state index contributed by atoms with van der Waals surface area (Å²) in [6, 6.07) is 6.89. The molecule has 0 aliphatic heterocycles. The normalized spacial score (nSPS) is 10.3. The first kappa shape index (κ1) is 13.8. The minimum absolute atomic E-state index is 0.121. The number of nitrogens with two attached hydrogens (primary N) is 1. The molecule has 5 heteroatoms. The molecule has 0 atom stereocenters. The molecule has 1 aromatic carbocycles. The minimum Gasteiger partial charge on any atom is -0.482 e. The monoisotopic (exact) mass is 249 g/mol. The minimum atomic E-state index is -0.502. The Labute approximate surface area is 105 Å². The Bertz CT molecular complexity index is 437. The van der Waals surface area contributed by atoms with Gasteiger partial charge in [0, 0.05) is 6.08 Å². The van der Waals surface area contributed by atoms with Crippen LogP contribution in [-0.2, 0) is 14.3 Å². The number of esters is 1. The fourth-order valence-electron chi connectivity index (χ4n) is 1.20. The number of ether oxygens (including phenoxy) is 2. The van der Waals surface area contributed by atoms with E-state index in [0.717, 1.165) is 5.56 Å². The average Bonchev–Trinajstić information content (AvgIpc) is 2.35. The fourth-order valence-corrected chi connectivity index (χ4v) is 1.20. The number of amides is 1. The fraction of sp³-hybridized carbons (Fsp3) is 0.231. The molecule has 0 bridgehead atoms. The molecule has 0 aliphatic rings. The van der Waals surface area contributed by atoms with Crippen LogP contribution in [0, 0.1) is 0 Å². The van der Waals surface area contributed by atoms with Crippen LogP contribution in [0.25, 0.3) is 6.08 Å². The molecule has 1 aromatic rings. The molecule has 0 saturated heterocycles. The van der Waals surface area contributed by atoms with Crippen molar-refractivity contribution >= 4 is 18.0 Å². The van der Waals surface area contributed by atoms with Crippen molar-refractivity contribution in [2.75, 3.05) is 13.2 Å². The maximum absolute atomic E-state index is 11.1. The van der Waals surface area contributed by atoms with Crippen LogP contribution in [0.2, 0.25) is 0 Å². The molecule has 5 nitrogen and oxygen atoms in total. The molecule has 1 rings (SSSR count). The van der Waals surface area contributed by atoms with Crippen LogP contribution < -0.4 is 10.5 Å². The molecule has 18 heavy (non-hydrogen) atoms. The molecule has 0 aromatic heterocycles. The Kier molecular flexibility index (Phi) is 5.44. The summed E-state index contributed by atoms with van der Waals surface area (Å²) in [6.45, 7) is 1.95. The van der Waals surface area contributed by atoms with Crippen LogP contribution in [0.3, 0.4) is 0 Å². The number of primary amides is 1. The number of rotatable bonds is 6. The summed E-state index contributed by atoms with van der Waals surface area (Å²) in [6.07, 6.45) is 2.87. The molecular formula is C13H15NO4. The smallest absolute Gasteiger partial charge is 0.344 e. The summed E-state index contributed by atoms with van der Waals surface area (Å²) in [5.41, 5.74) is 5.79. The molecule has 0 fully saturated rings. The number of hydrogen-bond acceptors (Lipinski definition) is 4. The zero-order valence-electron chi connectivity index (χ0n) is 10.1. The molecular weight excluding hydrogens is 234 g/mol. The summed E-state index contributed by atoms with van der Waals surface area (Å²) < 4.78 is 9.94. The lowest BCUT2D eigenvalue weighted by Gasteiger charge is -2.05. The van der Waals surface area contributed by atoms with Crippen molar-refractivity contribution < 1.29 is 19.1 Å². The van der Waals surface area contributed by atoms with Crippen molar-refractivity contribution in [1.29, 1.82) is 0 Å². The van der Waals surface area contributed by atoms with Gasteiger partial charge in [0.05, 0.1) is 6.61 Å². The van der Waals surface area contributed by atoms with Gasteiger partial charge in [0.1, 0.15) is 5.75 Å². The quantitative estimate of drug-likeness (QED) is 0.605. The van der Waals surface area contributed by atoms with Gasteiger partial charge in [-0.05, 0) is 30.7 Å². The summed E-state index contributed by atoms with van der Waals surface area (Å²) >= 11 is 0. The zero-order chi connectivity index (χ0) is 13.4. The van der Waals surface area contributed by atoms with Crippen molar-refractivity contribution in [3.05, 3.63) is 35.9 Å². The van der Waals surface area contributed by atoms with Gasteiger partial charge >= 0.3 is 5.97 Å². The van der Waals surface area contributed by atoms with E-state index in [2.05, 4.69) is 0 Å². The molecule has 0 saturated carbocycles. The van der Waals surface area contributed by atoms with E-state index in [1.165, 1.54) is 6.08 Å². The van der Waals surface area contributed by atoms with Gasteiger partial charge in [0.25, 0.3) is 0 Å². The lowest BCUT2D eigenvalue weighted by Crippen LogP contribution is -2.14. The van der Waals surface area contributed by atoms with Crippen molar-refractivity contribution in [1.82, 2.24) is 0 Å². The first-order valence-electron chi connectivity index (χ1n) is 5.48. The van der Waals surface area contributed by atoms with Gasteiger partial charge in [-0.3, -0.25) is 4.79 Å². The Balaban J connectivity index is 2.50. The molecule has 0 radical (unpaired) electrons. The lowest BCUT2D eigenvalue weighted by atomic mass is 10.2. The maximum Gasteiger partial charge on any atom is 0.344 e. The Morgan fingerprint density at radius 1 is 1.28 bits per heavy atom. The molecule has 0 heterocycles. The first-order valence-corrected chi connectivity index (χ1v) is 5.48. The van der Waals surface area contributed by atoms with Gasteiger partial charge in [-0.15, -0.1) is 0 Å². The standard InChI is InChI=1S/C13H15NO4/c1-2-17-13(16)9-18-11-6-3-10(4-7-11)5-8-12(14)15/h3-8H,2,9H2,1H3,(H2,14,15). The van der Waals surface area contributed by atoms with Crippen LogP contribution in [0.15, 0.2) is 30.3 Å². The molecule has 2 N–H and O–H groups in total. The van der Waals surface area contributed by atoms with Gasteiger partial charge in [0.2, 0.25) is 5.91 Å². The molecule has 0 spiro atoms. The number of carbonyl (C=O) groups excluding carboxylic acids is 2. The Morgan fingerprint density at radius 2 is 1.94 bits per heavy atom. The predicted molar refractivity (Wildman–Crippen MR) is 66.8 cm³/mol. The largest absolute Gasteiger partial charge is 0.482 e. The topological polar surface area (TPSA) is 78.6 Å². The molecule has 1 amide bonds. The van der Waals surface area contributed by atoms with E-state index in [1.807, 2.05) is 0 Å². The van der Waals surface area contributed by atoms with Crippen LogP contribution in [-0.4, -0.2) is 25.1 Å². The van der Waals surface area contributed by atoms with Gasteiger partial charge in [0.15, 0.2) is 6.61 Å². The van der Waals surface area contributed by atoms with Crippen molar-refractivity contribution in [3.8, 4) is 5.75 Å². The van der Waals surface area contributed by atoms with Crippen molar-refractivity contribution in [3.63, 3.8) is 0 Å². The highest BCUT2D eigenvalue weighted by molar-refractivity contribution is 5.90. The number of hydrogen-bond donors (Lipinski definition) is 1. The van der Waals surface area contributed by atoms with E-state index >= 15 is 0 Å². The SMILES string of the molecule is CCOC(=O)COc1ccc(C=CC(N)=O)cc1. The van der Waals surface area contributed by atoms with E-state index in [-0.39, 0.29) is 6.61 Å². The first-order chi connectivity index (χ1) is 8.61. The third-order valence-corrected chi connectivity index (χ3v) is 1.98. The van der Waals surface area contributed by atoms with Gasteiger partial charge in [-0.2, -0.15) is 0 Å². The summed E-state index contributed by atoms with van der Waals surface area (Å²) in [5, 5.41) is 0. The lowest BCUT2D eigenvalue weighted by molar-refractivity contribution is -0.145. The van der Waals surface area contributed by atoms with E-state index in [9.17, 15) is 9.59 Å². The predicted octanol–water partition coefficient (Wildman–Crippen LogP) is 1.13. The number of benzene rings is 1. The second-order valence-corrected chi connectivity index (χ2v) is 3.40. The van der Waals surface area contributed by atoms with E-state index < -0.39 is 11.9 Å². The highest BCUT2D eigenvalue weighted by Gasteiger charge is 2.02. The number of carbonyl (C=O) groups is 2. The van der Waals surface area contributed by atoms with Crippen LogP contribution in [0.1, 0.15) is 12.5 Å². The van der Waals surface area contributed by atoms with Crippen LogP contribution in [0.5, 0.6) is 5.75 Å². The summed E-state index contributed by atoms with van der Waals surface area (Å²) in [5.74, 6) is -0.355. The summed E-state index contributed by atoms with van der Waals surface area (Å²) in [4.78, 5) is 21.6.